The van der Waals surface area contributed by atoms with Gasteiger partial charge in [-0.1, -0.05) is 0 Å². The average molecular weight is 374 g/mol. The van der Waals surface area contributed by atoms with Gasteiger partial charge in [0.05, 0.1) is 0 Å². The molecule has 5 nitrogen and oxygen atoms in total. The van der Waals surface area contributed by atoms with Crippen molar-refractivity contribution in [2.45, 2.75) is 24.3 Å². The Labute approximate surface area is 155 Å². The molecule has 0 radical (unpaired) electrons. The topological polar surface area (TPSA) is 53.6 Å². The molecule has 1 aromatic carbocycles. The van der Waals surface area contributed by atoms with Crippen molar-refractivity contribution in [3.05, 3.63) is 24.3 Å². The van der Waals surface area contributed by atoms with E-state index in [0.717, 1.165) is 44.9 Å². The molecule has 0 bridgehead atoms. The third-order valence-corrected chi connectivity index (χ3v) is 4.65. The molecular weight excluding hydrogens is 346 g/mol. The van der Waals surface area contributed by atoms with Gasteiger partial charge in [-0.2, -0.15) is 0 Å². The lowest BCUT2D eigenvalue weighted by Crippen LogP contribution is -2.44. The molecule has 0 aliphatic carbocycles. The van der Waals surface area contributed by atoms with Crippen LogP contribution in [-0.4, -0.2) is 62.4 Å². The normalized spacial score (nSPS) is 16.1. The van der Waals surface area contributed by atoms with Crippen LogP contribution in [0.1, 0.15) is 13.3 Å². The van der Waals surface area contributed by atoms with E-state index < -0.39 is 6.10 Å². The highest BCUT2D eigenvalue weighted by Gasteiger charge is 2.14. The number of nitrogens with one attached hydrogen (secondary N) is 2. The second-order valence-corrected chi connectivity index (χ2v) is 6.55. The van der Waals surface area contributed by atoms with Gasteiger partial charge >= 0.3 is 0 Å². The number of halogens is 1. The molecule has 1 heterocycles. The third-order valence-electron chi connectivity index (χ3n) is 3.90. The molecule has 2 N–H and O–H groups in total. The van der Waals surface area contributed by atoms with E-state index in [0.29, 0.717) is 6.54 Å². The molecule has 0 aromatic heterocycles. The summed E-state index contributed by atoms with van der Waals surface area (Å²) < 4.78 is 5.68. The monoisotopic (exact) mass is 373 g/mol. The number of benzene rings is 1. The van der Waals surface area contributed by atoms with Crippen LogP contribution in [0, 0.1) is 0 Å². The van der Waals surface area contributed by atoms with Gasteiger partial charge in [-0.3, -0.25) is 4.79 Å². The number of ether oxygens (including phenoxy) is 1. The minimum atomic E-state index is -0.477. The molecular formula is C17H28ClN3O2S. The van der Waals surface area contributed by atoms with Gasteiger partial charge in [-0.25, -0.2) is 0 Å². The Bertz CT molecular complexity index is 481. The van der Waals surface area contributed by atoms with Crippen molar-refractivity contribution in [3.63, 3.8) is 0 Å². The lowest BCUT2D eigenvalue weighted by Gasteiger charge is -2.27. The lowest BCUT2D eigenvalue weighted by atomic mass is 10.3. The van der Waals surface area contributed by atoms with Gasteiger partial charge in [0.25, 0.3) is 5.91 Å². The number of carbonyl (C=O) groups is 1. The molecule has 1 unspecified atom stereocenters. The summed E-state index contributed by atoms with van der Waals surface area (Å²) in [7, 11) is 0. The first-order valence-electron chi connectivity index (χ1n) is 8.20. The Morgan fingerprint density at radius 3 is 2.62 bits per heavy atom. The summed E-state index contributed by atoms with van der Waals surface area (Å²) in [6, 6.07) is 7.80. The zero-order valence-corrected chi connectivity index (χ0v) is 16.0. The van der Waals surface area contributed by atoms with Gasteiger partial charge in [0.1, 0.15) is 5.75 Å². The minimum Gasteiger partial charge on any atom is -0.481 e. The SMILES string of the molecule is CSc1ccc(OC(C)C(=O)NCCCN2CCNCC2)cc1.Cl. The van der Waals surface area contributed by atoms with Crippen molar-refractivity contribution in [2.24, 2.45) is 0 Å². The van der Waals surface area contributed by atoms with Crippen LogP contribution in [0.3, 0.4) is 0 Å². The number of nitrogens with zero attached hydrogens (tertiary/aromatic N) is 1. The van der Waals surface area contributed by atoms with E-state index in [4.69, 9.17) is 4.74 Å². The molecule has 1 saturated heterocycles. The van der Waals surface area contributed by atoms with Crippen LogP contribution in [0.5, 0.6) is 5.75 Å². The molecule has 1 aromatic rings. The van der Waals surface area contributed by atoms with Crippen LogP contribution in [0.15, 0.2) is 29.2 Å². The van der Waals surface area contributed by atoms with E-state index in [-0.39, 0.29) is 18.3 Å². The highest BCUT2D eigenvalue weighted by atomic mass is 35.5. The predicted octanol–water partition coefficient (Wildman–Crippen LogP) is 2.01. The number of amides is 1. The molecule has 2 rings (SSSR count). The summed E-state index contributed by atoms with van der Waals surface area (Å²) in [5.41, 5.74) is 0. The summed E-state index contributed by atoms with van der Waals surface area (Å²) in [4.78, 5) is 15.7. The van der Waals surface area contributed by atoms with Crippen LogP contribution in [0.4, 0.5) is 0 Å². The quantitative estimate of drug-likeness (QED) is 0.539. The fourth-order valence-electron chi connectivity index (χ4n) is 2.50. The molecule has 1 atom stereocenters. The zero-order valence-electron chi connectivity index (χ0n) is 14.4. The van der Waals surface area contributed by atoms with Gasteiger partial charge < -0.3 is 20.3 Å². The highest BCUT2D eigenvalue weighted by molar-refractivity contribution is 7.98. The number of thioether (sulfide) groups is 1. The van der Waals surface area contributed by atoms with Gasteiger partial charge in [0.15, 0.2) is 6.10 Å². The fourth-order valence-corrected chi connectivity index (χ4v) is 2.91. The average Bonchev–Trinajstić information content (AvgIpc) is 2.60. The molecule has 24 heavy (non-hydrogen) atoms. The second-order valence-electron chi connectivity index (χ2n) is 5.67. The van der Waals surface area contributed by atoms with Crippen LogP contribution in [0.25, 0.3) is 0 Å². The standard InChI is InChI=1S/C17H27N3O2S.ClH/c1-14(22-15-4-6-16(23-2)7-5-15)17(21)19-8-3-11-20-12-9-18-10-13-20;/h4-7,14,18H,3,8-13H2,1-2H3,(H,19,21);1H. The maximum absolute atomic E-state index is 12.1. The second kappa shape index (κ2) is 11.6. The van der Waals surface area contributed by atoms with Crippen molar-refractivity contribution in [1.29, 1.82) is 0 Å². The van der Waals surface area contributed by atoms with E-state index in [2.05, 4.69) is 15.5 Å². The maximum Gasteiger partial charge on any atom is 0.260 e. The Morgan fingerprint density at radius 2 is 2.00 bits per heavy atom. The van der Waals surface area contributed by atoms with Crippen molar-refractivity contribution in [2.75, 3.05) is 45.5 Å². The number of piperazine rings is 1. The summed E-state index contributed by atoms with van der Waals surface area (Å²) >= 11 is 1.69. The van der Waals surface area contributed by atoms with Crippen molar-refractivity contribution in [3.8, 4) is 5.75 Å². The Balaban J connectivity index is 0.00000288. The van der Waals surface area contributed by atoms with Crippen molar-refractivity contribution in [1.82, 2.24) is 15.5 Å². The molecule has 0 saturated carbocycles. The highest BCUT2D eigenvalue weighted by Crippen LogP contribution is 2.19. The van der Waals surface area contributed by atoms with Crippen LogP contribution >= 0.6 is 24.2 Å². The number of carbonyl (C=O) groups excluding carboxylic acids is 1. The smallest absolute Gasteiger partial charge is 0.260 e. The first kappa shape index (κ1) is 21.1. The minimum absolute atomic E-state index is 0. The molecule has 7 heteroatoms. The van der Waals surface area contributed by atoms with Crippen LogP contribution in [-0.2, 0) is 4.79 Å². The number of rotatable bonds is 8. The Morgan fingerprint density at radius 1 is 1.33 bits per heavy atom. The van der Waals surface area contributed by atoms with E-state index in [1.165, 1.54) is 4.90 Å². The Hall–Kier alpha value is -0.950. The van der Waals surface area contributed by atoms with E-state index in [1.54, 1.807) is 18.7 Å². The van der Waals surface area contributed by atoms with E-state index >= 15 is 0 Å². The lowest BCUT2D eigenvalue weighted by molar-refractivity contribution is -0.127. The molecule has 0 spiro atoms. The molecule has 1 aliphatic heterocycles. The van der Waals surface area contributed by atoms with Gasteiger partial charge in [-0.15, -0.1) is 24.2 Å². The summed E-state index contributed by atoms with van der Waals surface area (Å²) in [6.07, 6.45) is 2.53. The first-order chi connectivity index (χ1) is 11.2. The molecule has 1 aliphatic rings. The van der Waals surface area contributed by atoms with Gasteiger partial charge in [-0.05, 0) is 50.4 Å². The van der Waals surface area contributed by atoms with Gasteiger partial charge in [0.2, 0.25) is 0 Å². The summed E-state index contributed by atoms with van der Waals surface area (Å²) in [5, 5.41) is 6.29. The number of hydrogen-bond acceptors (Lipinski definition) is 5. The summed E-state index contributed by atoms with van der Waals surface area (Å²) in [6.45, 7) is 7.83. The first-order valence-corrected chi connectivity index (χ1v) is 9.43. The third kappa shape index (κ3) is 7.30. The molecule has 1 amide bonds. The van der Waals surface area contributed by atoms with Crippen LogP contribution < -0.4 is 15.4 Å². The molecule has 136 valence electrons. The molecule has 1 fully saturated rings. The van der Waals surface area contributed by atoms with Crippen molar-refractivity contribution >= 4 is 30.1 Å². The van der Waals surface area contributed by atoms with Crippen LogP contribution in [0.2, 0.25) is 0 Å². The van der Waals surface area contributed by atoms with E-state index in [9.17, 15) is 4.79 Å². The summed E-state index contributed by atoms with van der Waals surface area (Å²) in [5.74, 6) is 0.672. The predicted molar refractivity (Wildman–Crippen MR) is 102 cm³/mol. The zero-order chi connectivity index (χ0) is 16.5. The largest absolute Gasteiger partial charge is 0.481 e. The van der Waals surface area contributed by atoms with E-state index in [1.807, 2.05) is 30.5 Å². The Kier molecular flexibility index (Phi) is 10.2. The maximum atomic E-state index is 12.1. The van der Waals surface area contributed by atoms with Gasteiger partial charge in [0, 0.05) is 37.6 Å². The van der Waals surface area contributed by atoms with Crippen molar-refractivity contribution < 1.29 is 9.53 Å². The number of hydrogen-bond donors (Lipinski definition) is 2. The fraction of sp³-hybridized carbons (Fsp3) is 0.588.